The molecule has 0 N–H and O–H groups in total. The van der Waals surface area contributed by atoms with Crippen LogP contribution in [0.25, 0.3) is 16.7 Å². The number of nitrogens with zero attached hydrogens (tertiary/aromatic N) is 5. The van der Waals surface area contributed by atoms with Crippen LogP contribution in [0.3, 0.4) is 0 Å². The van der Waals surface area contributed by atoms with E-state index in [0.29, 0.717) is 37.3 Å². The number of hydrogen-bond acceptors (Lipinski definition) is 6. The van der Waals surface area contributed by atoms with Gasteiger partial charge in [-0.25, -0.2) is 9.97 Å². The lowest BCUT2D eigenvalue weighted by Gasteiger charge is -2.14. The fraction of sp³-hybridized carbons (Fsp3) is 0.231. The Morgan fingerprint density at radius 1 is 1.09 bits per heavy atom. The molecule has 0 spiro atoms. The summed E-state index contributed by atoms with van der Waals surface area (Å²) in [6.45, 7) is 1.79. The van der Waals surface area contributed by atoms with Gasteiger partial charge in [0.1, 0.15) is 11.3 Å². The molecular weight excluding hydrogens is 409 g/mol. The van der Waals surface area contributed by atoms with Crippen LogP contribution in [0.15, 0.2) is 10.8 Å². The van der Waals surface area contributed by atoms with Gasteiger partial charge in [0.2, 0.25) is 4.73 Å². The Bertz CT molecular complexity index is 896. The second-order valence-electron chi connectivity index (χ2n) is 4.48. The SMILES string of the molecule is COc1nc2cc(Cl)c(Cl)c(-n3c(C)nnc3Br)c2nc1OC. The van der Waals surface area contributed by atoms with E-state index in [2.05, 4.69) is 36.1 Å². The van der Waals surface area contributed by atoms with Crippen molar-refractivity contribution in [1.82, 2.24) is 24.7 Å². The van der Waals surface area contributed by atoms with Crippen LogP contribution in [0.5, 0.6) is 11.8 Å². The first-order valence-electron chi connectivity index (χ1n) is 6.33. The minimum Gasteiger partial charge on any atom is -0.477 e. The van der Waals surface area contributed by atoms with E-state index in [9.17, 15) is 0 Å². The molecule has 0 saturated heterocycles. The quantitative estimate of drug-likeness (QED) is 0.646. The van der Waals surface area contributed by atoms with Crippen molar-refractivity contribution in [3.05, 3.63) is 26.7 Å². The van der Waals surface area contributed by atoms with Crippen LogP contribution in [0.1, 0.15) is 5.82 Å². The maximum absolute atomic E-state index is 6.41. The third-order valence-electron chi connectivity index (χ3n) is 3.16. The molecule has 0 aliphatic carbocycles. The zero-order valence-electron chi connectivity index (χ0n) is 12.3. The van der Waals surface area contributed by atoms with Gasteiger partial charge in [0.05, 0.1) is 35.5 Å². The highest BCUT2D eigenvalue weighted by atomic mass is 79.9. The number of ether oxygens (including phenoxy) is 2. The Kier molecular flexibility index (Phi) is 4.31. The van der Waals surface area contributed by atoms with Crippen molar-refractivity contribution in [2.24, 2.45) is 0 Å². The molecule has 1 aromatic carbocycles. The minimum absolute atomic E-state index is 0.237. The van der Waals surface area contributed by atoms with Gasteiger partial charge >= 0.3 is 0 Å². The van der Waals surface area contributed by atoms with E-state index < -0.39 is 0 Å². The van der Waals surface area contributed by atoms with Crippen LogP contribution in [-0.4, -0.2) is 39.0 Å². The lowest BCUT2D eigenvalue weighted by Crippen LogP contribution is -2.04. The third-order valence-corrected chi connectivity index (χ3v) is 4.45. The van der Waals surface area contributed by atoms with Crippen LogP contribution >= 0.6 is 39.1 Å². The largest absolute Gasteiger partial charge is 0.477 e. The lowest BCUT2D eigenvalue weighted by atomic mass is 10.2. The summed E-state index contributed by atoms with van der Waals surface area (Å²) in [4.78, 5) is 8.83. The molecule has 7 nitrogen and oxygen atoms in total. The summed E-state index contributed by atoms with van der Waals surface area (Å²) in [6, 6.07) is 1.62. The number of halogens is 3. The van der Waals surface area contributed by atoms with Crippen LogP contribution in [-0.2, 0) is 0 Å². The number of rotatable bonds is 3. The van der Waals surface area contributed by atoms with E-state index in [1.165, 1.54) is 14.2 Å². The molecule has 0 atom stereocenters. The van der Waals surface area contributed by atoms with Gasteiger partial charge in [-0.15, -0.1) is 10.2 Å². The van der Waals surface area contributed by atoms with Crippen molar-refractivity contribution < 1.29 is 9.47 Å². The summed E-state index contributed by atoms with van der Waals surface area (Å²) in [5.74, 6) is 1.10. The van der Waals surface area contributed by atoms with Crippen LogP contribution in [0, 0.1) is 6.92 Å². The van der Waals surface area contributed by atoms with Gasteiger partial charge in [0.25, 0.3) is 11.8 Å². The smallest absolute Gasteiger partial charge is 0.278 e. The molecule has 2 aromatic heterocycles. The number of aromatic nitrogens is 5. The first-order valence-corrected chi connectivity index (χ1v) is 7.88. The summed E-state index contributed by atoms with van der Waals surface area (Å²) in [6.07, 6.45) is 0. The molecule has 0 aliphatic heterocycles. The monoisotopic (exact) mass is 417 g/mol. The molecule has 0 radical (unpaired) electrons. The number of fused-ring (bicyclic) bond motifs is 1. The highest BCUT2D eigenvalue weighted by Crippen LogP contribution is 2.38. The van der Waals surface area contributed by atoms with Gasteiger partial charge in [0.15, 0.2) is 0 Å². The summed E-state index contributed by atoms with van der Waals surface area (Å²) in [5.41, 5.74) is 1.50. The van der Waals surface area contributed by atoms with E-state index in [1.54, 1.807) is 17.6 Å². The summed E-state index contributed by atoms with van der Waals surface area (Å²) >= 11 is 16.0. The lowest BCUT2D eigenvalue weighted by molar-refractivity contribution is 0.334. The molecule has 0 bridgehead atoms. The Morgan fingerprint density at radius 2 is 1.74 bits per heavy atom. The highest BCUT2D eigenvalue weighted by molar-refractivity contribution is 9.10. The van der Waals surface area contributed by atoms with E-state index in [0.717, 1.165) is 0 Å². The van der Waals surface area contributed by atoms with E-state index in [-0.39, 0.29) is 11.8 Å². The maximum atomic E-state index is 6.41. The van der Waals surface area contributed by atoms with Crippen molar-refractivity contribution >= 4 is 50.2 Å². The van der Waals surface area contributed by atoms with E-state index in [4.69, 9.17) is 32.7 Å². The molecule has 10 heteroatoms. The first-order chi connectivity index (χ1) is 11.0. The normalized spacial score (nSPS) is 11.0. The second kappa shape index (κ2) is 6.10. The molecule has 0 saturated carbocycles. The first kappa shape index (κ1) is 16.2. The zero-order chi connectivity index (χ0) is 16.7. The number of benzene rings is 1. The number of hydrogen-bond donors (Lipinski definition) is 0. The molecule has 3 rings (SSSR count). The second-order valence-corrected chi connectivity index (χ2v) is 5.98. The van der Waals surface area contributed by atoms with Crippen molar-refractivity contribution in [3.63, 3.8) is 0 Å². The van der Waals surface area contributed by atoms with Gasteiger partial charge < -0.3 is 9.47 Å². The molecular formula is C13H10BrCl2N5O2. The topological polar surface area (TPSA) is 75.0 Å². The molecule has 23 heavy (non-hydrogen) atoms. The molecule has 120 valence electrons. The maximum Gasteiger partial charge on any atom is 0.278 e. The Balaban J connectivity index is 2.47. The molecule has 0 aliphatic rings. The van der Waals surface area contributed by atoms with Crippen molar-refractivity contribution in [2.75, 3.05) is 14.2 Å². The van der Waals surface area contributed by atoms with Crippen molar-refractivity contribution in [1.29, 1.82) is 0 Å². The predicted molar refractivity (Wildman–Crippen MR) is 90.0 cm³/mol. The number of methoxy groups -OCH3 is 2. The molecule has 0 fully saturated rings. The Hall–Kier alpha value is -1.64. The van der Waals surface area contributed by atoms with Crippen LogP contribution in [0.2, 0.25) is 10.0 Å². The molecule has 0 amide bonds. The van der Waals surface area contributed by atoms with Gasteiger partial charge in [-0.1, -0.05) is 23.2 Å². The predicted octanol–water partition coefficient (Wildman–Crippen LogP) is 3.61. The minimum atomic E-state index is 0.237. The fourth-order valence-corrected chi connectivity index (χ4v) is 3.09. The molecule has 3 aromatic rings. The zero-order valence-corrected chi connectivity index (χ0v) is 15.4. The average molecular weight is 419 g/mol. The van der Waals surface area contributed by atoms with Crippen LogP contribution in [0.4, 0.5) is 0 Å². The summed E-state index contributed by atoms with van der Waals surface area (Å²) in [7, 11) is 2.97. The average Bonchev–Trinajstić information content (AvgIpc) is 2.87. The fourth-order valence-electron chi connectivity index (χ4n) is 2.15. The van der Waals surface area contributed by atoms with Crippen molar-refractivity contribution in [3.8, 4) is 17.4 Å². The Morgan fingerprint density at radius 3 is 2.30 bits per heavy atom. The standard InChI is InChI=1S/C13H10BrCl2N5O2/c1-5-19-20-13(14)21(5)10-8(16)6(15)4-7-9(10)18-12(23-3)11(17-7)22-2/h4H,1-3H3. The van der Waals surface area contributed by atoms with Crippen LogP contribution < -0.4 is 9.47 Å². The van der Waals surface area contributed by atoms with Gasteiger partial charge in [-0.2, -0.15) is 0 Å². The Labute approximate surface area is 149 Å². The van der Waals surface area contributed by atoms with E-state index in [1.807, 2.05) is 0 Å². The summed E-state index contributed by atoms with van der Waals surface area (Å²) in [5, 5.41) is 8.62. The van der Waals surface area contributed by atoms with Crippen molar-refractivity contribution in [2.45, 2.75) is 6.92 Å². The molecule has 0 unspecified atom stereocenters. The van der Waals surface area contributed by atoms with Gasteiger partial charge in [-0.3, -0.25) is 4.57 Å². The molecule has 2 heterocycles. The summed E-state index contributed by atoms with van der Waals surface area (Å²) < 4.78 is 12.6. The van der Waals surface area contributed by atoms with E-state index >= 15 is 0 Å². The van der Waals surface area contributed by atoms with Gasteiger partial charge in [-0.05, 0) is 28.9 Å². The van der Waals surface area contributed by atoms with Gasteiger partial charge in [0, 0.05) is 0 Å². The third kappa shape index (κ3) is 2.60. The highest BCUT2D eigenvalue weighted by Gasteiger charge is 2.21. The number of aryl methyl sites for hydroxylation is 1.